The molecule has 0 aromatic heterocycles. The minimum absolute atomic E-state index is 0.0685. The number of anilines is 1. The molecular formula is C16H15NO6. The van der Waals surface area contributed by atoms with Crippen molar-refractivity contribution in [2.24, 2.45) is 23.7 Å². The van der Waals surface area contributed by atoms with Crippen molar-refractivity contribution in [1.29, 1.82) is 0 Å². The molecule has 1 saturated heterocycles. The Kier molecular flexibility index (Phi) is 2.88. The van der Waals surface area contributed by atoms with Crippen molar-refractivity contribution in [3.8, 4) is 0 Å². The summed E-state index contributed by atoms with van der Waals surface area (Å²) < 4.78 is 0. The lowest BCUT2D eigenvalue weighted by molar-refractivity contribution is -0.129. The summed E-state index contributed by atoms with van der Waals surface area (Å²) in [5.41, 5.74) is 0.390. The summed E-state index contributed by atoms with van der Waals surface area (Å²) in [6.07, 6.45) is -1.44. The van der Waals surface area contributed by atoms with E-state index in [1.54, 1.807) is 0 Å². The standard InChI is InChI=1S/C16H15NO6/c18-12-8-5-9(13(12)19)11-10(8)14(20)17(15(11)21)7-3-1-6(2-4-7)16(22)23/h1-4,8-13,18-19H,5H2,(H,22,23)/t8-,9-,10-,11+,12+,13+/m1/s1. The zero-order valence-corrected chi connectivity index (χ0v) is 12.0. The Hall–Kier alpha value is -2.25. The Morgan fingerprint density at radius 2 is 1.43 bits per heavy atom. The fourth-order valence-corrected chi connectivity index (χ4v) is 4.44. The first-order chi connectivity index (χ1) is 10.9. The van der Waals surface area contributed by atoms with Crippen LogP contribution in [-0.4, -0.2) is 45.3 Å². The molecule has 1 heterocycles. The molecule has 2 aliphatic carbocycles. The quantitative estimate of drug-likeness (QED) is 0.654. The number of carboxylic acids is 1. The highest BCUT2D eigenvalue weighted by atomic mass is 16.4. The van der Waals surface area contributed by atoms with Gasteiger partial charge in [-0.2, -0.15) is 0 Å². The predicted octanol–water partition coefficient (Wildman–Crippen LogP) is -0.138. The van der Waals surface area contributed by atoms with Crippen LogP contribution in [-0.2, 0) is 9.59 Å². The lowest BCUT2D eigenvalue weighted by Gasteiger charge is -2.29. The number of amides is 2. The first-order valence-corrected chi connectivity index (χ1v) is 7.49. The van der Waals surface area contributed by atoms with Crippen molar-refractivity contribution in [2.45, 2.75) is 18.6 Å². The van der Waals surface area contributed by atoms with Crippen molar-refractivity contribution in [3.63, 3.8) is 0 Å². The maximum atomic E-state index is 12.7. The number of nitrogens with zero attached hydrogens (tertiary/aromatic N) is 1. The normalized spacial score (nSPS) is 38.3. The van der Waals surface area contributed by atoms with E-state index in [1.807, 2.05) is 0 Å². The van der Waals surface area contributed by atoms with Crippen LogP contribution < -0.4 is 4.90 Å². The van der Waals surface area contributed by atoms with E-state index in [-0.39, 0.29) is 29.2 Å². The molecule has 1 aliphatic heterocycles. The van der Waals surface area contributed by atoms with E-state index < -0.39 is 30.0 Å². The lowest BCUT2D eigenvalue weighted by Crippen LogP contribution is -2.43. The molecule has 7 nitrogen and oxygen atoms in total. The van der Waals surface area contributed by atoms with Gasteiger partial charge in [0.25, 0.3) is 0 Å². The third kappa shape index (κ3) is 1.74. The predicted molar refractivity (Wildman–Crippen MR) is 76.5 cm³/mol. The molecule has 3 N–H and O–H groups in total. The van der Waals surface area contributed by atoms with Crippen LogP contribution in [0.3, 0.4) is 0 Å². The lowest BCUT2D eigenvalue weighted by atomic mass is 9.78. The van der Waals surface area contributed by atoms with Gasteiger partial charge in [0, 0.05) is 11.8 Å². The summed E-state index contributed by atoms with van der Waals surface area (Å²) in [5.74, 6) is -3.80. The average molecular weight is 317 g/mol. The fourth-order valence-electron chi connectivity index (χ4n) is 4.44. The topological polar surface area (TPSA) is 115 Å². The van der Waals surface area contributed by atoms with Crippen LogP contribution in [0.25, 0.3) is 0 Å². The third-order valence-corrected chi connectivity index (χ3v) is 5.46. The van der Waals surface area contributed by atoms with Crippen LogP contribution in [0.1, 0.15) is 16.8 Å². The molecule has 0 radical (unpaired) electrons. The van der Waals surface area contributed by atoms with Crippen LogP contribution in [0, 0.1) is 23.7 Å². The zero-order valence-electron chi connectivity index (χ0n) is 12.0. The Bertz CT molecular complexity index is 682. The number of carbonyl (C=O) groups is 3. The van der Waals surface area contributed by atoms with Crippen molar-refractivity contribution in [1.82, 2.24) is 0 Å². The molecule has 1 aromatic rings. The van der Waals surface area contributed by atoms with Gasteiger partial charge in [-0.15, -0.1) is 0 Å². The summed E-state index contributed by atoms with van der Waals surface area (Å²) in [6, 6.07) is 5.53. The average Bonchev–Trinajstić information content (AvgIpc) is 3.12. The summed E-state index contributed by atoms with van der Waals surface area (Å²) in [4.78, 5) is 37.3. The second kappa shape index (κ2) is 4.62. The molecule has 2 bridgehead atoms. The monoisotopic (exact) mass is 317 g/mol. The smallest absolute Gasteiger partial charge is 0.335 e. The number of carboxylic acid groups (broad SMARTS) is 1. The number of fused-ring (bicyclic) bond motifs is 5. The summed E-state index contributed by atoms with van der Waals surface area (Å²) in [7, 11) is 0. The molecule has 3 aliphatic rings. The zero-order chi connectivity index (χ0) is 16.5. The van der Waals surface area contributed by atoms with Gasteiger partial charge in [0.15, 0.2) is 0 Å². The maximum Gasteiger partial charge on any atom is 0.335 e. The van der Waals surface area contributed by atoms with E-state index in [4.69, 9.17) is 5.11 Å². The number of imide groups is 1. The van der Waals surface area contributed by atoms with Crippen LogP contribution in [0.15, 0.2) is 24.3 Å². The third-order valence-electron chi connectivity index (χ3n) is 5.46. The number of aromatic carboxylic acids is 1. The Balaban J connectivity index is 1.68. The molecule has 0 spiro atoms. The van der Waals surface area contributed by atoms with Crippen molar-refractivity contribution in [3.05, 3.63) is 29.8 Å². The van der Waals surface area contributed by atoms with Crippen LogP contribution in [0.2, 0.25) is 0 Å². The molecule has 7 heteroatoms. The highest BCUT2D eigenvalue weighted by Gasteiger charge is 2.67. The van der Waals surface area contributed by atoms with Gasteiger partial charge in [0.05, 0.1) is 35.3 Å². The fraction of sp³-hybridized carbons (Fsp3) is 0.438. The van der Waals surface area contributed by atoms with Crippen LogP contribution in [0.5, 0.6) is 0 Å². The number of rotatable bonds is 2. The number of hydrogen-bond acceptors (Lipinski definition) is 5. The Morgan fingerprint density at radius 3 is 1.87 bits per heavy atom. The second-order valence-corrected chi connectivity index (χ2v) is 6.46. The SMILES string of the molecule is O=C(O)c1ccc(N2C(=O)[C@@H]3[C@H]4C[C@@H]([C@H](O)[C@H]4O)[C@@H]3C2=O)cc1. The molecule has 3 fully saturated rings. The molecule has 4 rings (SSSR count). The van der Waals surface area contributed by atoms with Crippen molar-refractivity contribution in [2.75, 3.05) is 4.90 Å². The van der Waals surface area contributed by atoms with Crippen LogP contribution >= 0.6 is 0 Å². The minimum atomic E-state index is -1.09. The number of aliphatic hydroxyl groups excluding tert-OH is 2. The van der Waals surface area contributed by atoms with E-state index in [0.29, 0.717) is 12.1 Å². The van der Waals surface area contributed by atoms with Gasteiger partial charge in [-0.25, -0.2) is 4.79 Å². The molecule has 23 heavy (non-hydrogen) atoms. The summed E-state index contributed by atoms with van der Waals surface area (Å²) >= 11 is 0. The summed E-state index contributed by atoms with van der Waals surface area (Å²) in [6.45, 7) is 0. The van der Waals surface area contributed by atoms with Gasteiger partial charge in [0.2, 0.25) is 11.8 Å². The molecule has 1 aromatic carbocycles. The van der Waals surface area contributed by atoms with E-state index in [0.717, 1.165) is 4.90 Å². The molecule has 120 valence electrons. The maximum absolute atomic E-state index is 12.7. The van der Waals surface area contributed by atoms with Crippen LogP contribution in [0.4, 0.5) is 5.69 Å². The van der Waals surface area contributed by atoms with Crippen molar-refractivity contribution < 1.29 is 29.7 Å². The largest absolute Gasteiger partial charge is 0.478 e. The summed E-state index contributed by atoms with van der Waals surface area (Å²) in [5, 5.41) is 28.9. The molecule has 2 saturated carbocycles. The number of aliphatic hydroxyl groups is 2. The number of hydrogen-bond donors (Lipinski definition) is 3. The molecule has 2 amide bonds. The van der Waals surface area contributed by atoms with Gasteiger partial charge in [-0.05, 0) is 30.7 Å². The molecular weight excluding hydrogens is 302 g/mol. The Labute approximate surface area is 131 Å². The minimum Gasteiger partial charge on any atom is -0.478 e. The van der Waals surface area contributed by atoms with Gasteiger partial charge in [-0.3, -0.25) is 14.5 Å². The molecule has 0 unspecified atom stereocenters. The van der Waals surface area contributed by atoms with E-state index in [1.165, 1.54) is 24.3 Å². The highest BCUT2D eigenvalue weighted by Crippen LogP contribution is 2.56. The van der Waals surface area contributed by atoms with E-state index in [9.17, 15) is 24.6 Å². The second-order valence-electron chi connectivity index (χ2n) is 6.46. The van der Waals surface area contributed by atoms with Gasteiger partial charge >= 0.3 is 5.97 Å². The first-order valence-electron chi connectivity index (χ1n) is 7.49. The van der Waals surface area contributed by atoms with Gasteiger partial charge in [-0.1, -0.05) is 0 Å². The van der Waals surface area contributed by atoms with Gasteiger partial charge in [0.1, 0.15) is 0 Å². The van der Waals surface area contributed by atoms with Crippen molar-refractivity contribution >= 4 is 23.5 Å². The van der Waals surface area contributed by atoms with Gasteiger partial charge < -0.3 is 15.3 Å². The number of carbonyl (C=O) groups excluding carboxylic acids is 2. The number of benzene rings is 1. The molecule has 6 atom stereocenters. The van der Waals surface area contributed by atoms with E-state index >= 15 is 0 Å². The highest BCUT2D eigenvalue weighted by molar-refractivity contribution is 6.22. The Morgan fingerprint density at radius 1 is 0.957 bits per heavy atom. The van der Waals surface area contributed by atoms with E-state index in [2.05, 4.69) is 0 Å². The first kappa shape index (κ1) is 14.3.